The van der Waals surface area contributed by atoms with Gasteiger partial charge in [0.15, 0.2) is 0 Å². The van der Waals surface area contributed by atoms with Gasteiger partial charge >= 0.3 is 12.1 Å². The van der Waals surface area contributed by atoms with Crippen LogP contribution < -0.4 is 0 Å². The predicted octanol–water partition coefficient (Wildman–Crippen LogP) is 3.14. The maximum Gasteiger partial charge on any atom is 0.418 e. The number of nitrogens with zero attached hydrogens (tertiary/aromatic N) is 2. The van der Waals surface area contributed by atoms with Crippen molar-refractivity contribution in [3.8, 4) is 6.07 Å². The minimum atomic E-state index is -4.70. The summed E-state index contributed by atoms with van der Waals surface area (Å²) in [6.07, 6.45) is -2.67. The van der Waals surface area contributed by atoms with Crippen molar-refractivity contribution in [2.24, 2.45) is 5.41 Å². The molecular formula is C12H13F3N2O2. The van der Waals surface area contributed by atoms with E-state index in [1.54, 1.807) is 13.8 Å². The molecule has 0 unspecified atom stereocenters. The van der Waals surface area contributed by atoms with E-state index in [0.29, 0.717) is 6.42 Å². The molecule has 0 aliphatic carbocycles. The zero-order valence-corrected chi connectivity index (χ0v) is 10.5. The lowest BCUT2D eigenvalue weighted by Crippen LogP contribution is -2.11. The second-order valence-electron chi connectivity index (χ2n) is 4.87. The summed E-state index contributed by atoms with van der Waals surface area (Å²) in [6, 6.07) is 2.03. The largest absolute Gasteiger partial charge is 0.478 e. The Hall–Kier alpha value is -1.97. The van der Waals surface area contributed by atoms with E-state index in [9.17, 15) is 18.0 Å². The molecule has 0 amide bonds. The number of nitriles is 1. The number of aromatic nitrogens is 1. The third kappa shape index (κ3) is 3.74. The van der Waals surface area contributed by atoms with Crippen LogP contribution in [0.25, 0.3) is 0 Å². The number of carboxylic acids is 1. The Morgan fingerprint density at radius 2 is 2.00 bits per heavy atom. The summed E-state index contributed by atoms with van der Waals surface area (Å²) < 4.78 is 39.1. The molecule has 1 aromatic heterocycles. The Morgan fingerprint density at radius 1 is 1.42 bits per heavy atom. The Kier molecular flexibility index (Phi) is 3.94. The summed E-state index contributed by atoms with van der Waals surface area (Å²) in [7, 11) is 0. The van der Waals surface area contributed by atoms with Gasteiger partial charge in [0.25, 0.3) is 0 Å². The number of halogens is 3. The summed E-state index contributed by atoms with van der Waals surface area (Å²) in [4.78, 5) is 10.8. The molecule has 0 radical (unpaired) electrons. The summed E-state index contributed by atoms with van der Waals surface area (Å²) in [5, 5.41) is 17.6. The molecule has 1 N–H and O–H groups in total. The highest BCUT2D eigenvalue weighted by Gasteiger charge is 2.37. The predicted molar refractivity (Wildman–Crippen MR) is 60.4 cm³/mol. The molecule has 1 aromatic rings. The van der Waals surface area contributed by atoms with Gasteiger partial charge in [0, 0.05) is 18.9 Å². The van der Waals surface area contributed by atoms with Crippen LogP contribution in [0.3, 0.4) is 0 Å². The van der Waals surface area contributed by atoms with E-state index in [2.05, 4.69) is 0 Å². The highest BCUT2D eigenvalue weighted by molar-refractivity contribution is 5.89. The van der Waals surface area contributed by atoms with E-state index in [1.807, 2.05) is 6.07 Å². The fourth-order valence-corrected chi connectivity index (χ4v) is 1.50. The van der Waals surface area contributed by atoms with Crippen LogP contribution in [-0.2, 0) is 12.7 Å². The van der Waals surface area contributed by atoms with Crippen molar-refractivity contribution < 1.29 is 23.1 Å². The standard InChI is InChI=1S/C12H13F3N2O2/c1-11(2,7-16)3-4-17-5-8(10(18)19)9(6-17)12(13,14)15/h5-6H,3-4H2,1-2H3,(H,18,19). The molecule has 0 aliphatic heterocycles. The number of aromatic carboxylic acids is 1. The first-order chi connectivity index (χ1) is 8.57. The van der Waals surface area contributed by atoms with Gasteiger partial charge in [-0.3, -0.25) is 0 Å². The van der Waals surface area contributed by atoms with Crippen LogP contribution in [0.1, 0.15) is 36.2 Å². The van der Waals surface area contributed by atoms with Crippen molar-refractivity contribution in [3.63, 3.8) is 0 Å². The zero-order chi connectivity index (χ0) is 14.8. The lowest BCUT2D eigenvalue weighted by atomic mass is 9.91. The van der Waals surface area contributed by atoms with E-state index in [-0.39, 0.29) is 6.54 Å². The zero-order valence-electron chi connectivity index (χ0n) is 10.5. The Balaban J connectivity index is 3.01. The topological polar surface area (TPSA) is 66.0 Å². The molecule has 0 bridgehead atoms. The molecule has 0 aliphatic rings. The molecule has 1 heterocycles. The van der Waals surface area contributed by atoms with E-state index >= 15 is 0 Å². The number of hydrogen-bond acceptors (Lipinski definition) is 2. The van der Waals surface area contributed by atoms with E-state index < -0.39 is 28.7 Å². The smallest absolute Gasteiger partial charge is 0.418 e. The van der Waals surface area contributed by atoms with Crippen LogP contribution >= 0.6 is 0 Å². The highest BCUT2D eigenvalue weighted by atomic mass is 19.4. The molecule has 0 spiro atoms. The summed E-state index contributed by atoms with van der Waals surface area (Å²) >= 11 is 0. The lowest BCUT2D eigenvalue weighted by molar-refractivity contribution is -0.138. The van der Waals surface area contributed by atoms with E-state index in [0.717, 1.165) is 17.0 Å². The van der Waals surface area contributed by atoms with Crippen molar-refractivity contribution in [3.05, 3.63) is 23.5 Å². The SMILES string of the molecule is CC(C)(C#N)CCn1cc(C(=O)O)c(C(F)(F)F)c1. The van der Waals surface area contributed by atoms with Crippen LogP contribution in [0.15, 0.2) is 12.4 Å². The average Bonchev–Trinajstić information content (AvgIpc) is 2.70. The van der Waals surface area contributed by atoms with Gasteiger partial charge in [0.2, 0.25) is 0 Å². The first-order valence-corrected chi connectivity index (χ1v) is 5.48. The Bertz CT molecular complexity index is 524. The number of aryl methyl sites for hydroxylation is 1. The van der Waals surface area contributed by atoms with Crippen LogP contribution in [0, 0.1) is 16.7 Å². The van der Waals surface area contributed by atoms with Crippen molar-refractivity contribution in [2.75, 3.05) is 0 Å². The monoisotopic (exact) mass is 274 g/mol. The fourth-order valence-electron chi connectivity index (χ4n) is 1.50. The van der Waals surface area contributed by atoms with Gasteiger partial charge in [0.05, 0.1) is 22.6 Å². The molecule has 19 heavy (non-hydrogen) atoms. The molecule has 0 atom stereocenters. The summed E-state index contributed by atoms with van der Waals surface area (Å²) in [6.45, 7) is 3.48. The first kappa shape index (κ1) is 15.1. The van der Waals surface area contributed by atoms with Crippen molar-refractivity contribution in [1.82, 2.24) is 4.57 Å². The number of alkyl halides is 3. The molecule has 0 saturated carbocycles. The minimum absolute atomic E-state index is 0.150. The maximum atomic E-state index is 12.6. The number of carbonyl (C=O) groups is 1. The first-order valence-electron chi connectivity index (χ1n) is 5.48. The van der Waals surface area contributed by atoms with Crippen LogP contribution in [-0.4, -0.2) is 15.6 Å². The van der Waals surface area contributed by atoms with Crippen molar-refractivity contribution in [2.45, 2.75) is 33.0 Å². The second kappa shape index (κ2) is 4.96. The van der Waals surface area contributed by atoms with Crippen LogP contribution in [0.4, 0.5) is 13.2 Å². The van der Waals surface area contributed by atoms with Crippen molar-refractivity contribution >= 4 is 5.97 Å². The van der Waals surface area contributed by atoms with Crippen LogP contribution in [0.5, 0.6) is 0 Å². The molecule has 0 aromatic carbocycles. The fraction of sp³-hybridized carbons (Fsp3) is 0.500. The lowest BCUT2D eigenvalue weighted by Gasteiger charge is -2.14. The van der Waals surface area contributed by atoms with Gasteiger partial charge in [-0.2, -0.15) is 18.4 Å². The molecule has 7 heteroatoms. The molecule has 104 valence electrons. The molecule has 0 saturated heterocycles. The maximum absolute atomic E-state index is 12.6. The Labute approximate surface area is 108 Å². The summed E-state index contributed by atoms with van der Waals surface area (Å²) in [5.41, 5.74) is -2.62. The normalized spacial score (nSPS) is 12.2. The highest BCUT2D eigenvalue weighted by Crippen LogP contribution is 2.33. The third-order valence-corrected chi connectivity index (χ3v) is 2.71. The molecule has 4 nitrogen and oxygen atoms in total. The molecular weight excluding hydrogens is 261 g/mol. The van der Waals surface area contributed by atoms with E-state index in [1.165, 1.54) is 0 Å². The van der Waals surface area contributed by atoms with E-state index in [4.69, 9.17) is 10.4 Å². The average molecular weight is 274 g/mol. The van der Waals surface area contributed by atoms with Crippen molar-refractivity contribution in [1.29, 1.82) is 5.26 Å². The molecule has 0 fully saturated rings. The van der Waals surface area contributed by atoms with Gasteiger partial charge in [0.1, 0.15) is 0 Å². The summed E-state index contributed by atoms with van der Waals surface area (Å²) in [5.74, 6) is -1.62. The molecule has 1 rings (SSSR count). The quantitative estimate of drug-likeness (QED) is 0.917. The number of hydrogen-bond donors (Lipinski definition) is 1. The second-order valence-corrected chi connectivity index (χ2v) is 4.87. The van der Waals surface area contributed by atoms with Gasteiger partial charge < -0.3 is 9.67 Å². The van der Waals surface area contributed by atoms with Crippen LogP contribution in [0.2, 0.25) is 0 Å². The Morgan fingerprint density at radius 3 is 2.37 bits per heavy atom. The van der Waals surface area contributed by atoms with Gasteiger partial charge in [-0.05, 0) is 20.3 Å². The number of rotatable bonds is 4. The van der Waals surface area contributed by atoms with Gasteiger partial charge in [-0.15, -0.1) is 0 Å². The number of carboxylic acid groups (broad SMARTS) is 1. The third-order valence-electron chi connectivity index (χ3n) is 2.71. The van der Waals surface area contributed by atoms with Gasteiger partial charge in [-0.25, -0.2) is 4.79 Å². The van der Waals surface area contributed by atoms with Gasteiger partial charge in [-0.1, -0.05) is 0 Å². The minimum Gasteiger partial charge on any atom is -0.478 e.